The summed E-state index contributed by atoms with van der Waals surface area (Å²) >= 11 is 0. The van der Waals surface area contributed by atoms with Gasteiger partial charge in [0.15, 0.2) is 14.6 Å². The number of methoxy groups -OCH3 is 3. The fourth-order valence-corrected chi connectivity index (χ4v) is 5.27. The van der Waals surface area contributed by atoms with E-state index in [1.807, 2.05) is 13.0 Å². The van der Waals surface area contributed by atoms with Crippen LogP contribution in [0.4, 0.5) is 0 Å². The monoisotopic (exact) mass is 500 g/mol. The Bertz CT molecular complexity index is 673. The van der Waals surface area contributed by atoms with E-state index in [-0.39, 0.29) is 29.5 Å². The SMILES string of the molecule is C=CC[C@H](O[C@@H]1O[C@@H](C)[C@H](OC)[C@@H](OC)[C@H]1OC)[C@@H](C#C[Si](C)(C)C)O[Si](C)(C)C(C)(C)C. The Morgan fingerprint density at radius 1 is 0.970 bits per heavy atom. The third kappa shape index (κ3) is 8.58. The summed E-state index contributed by atoms with van der Waals surface area (Å²) in [5, 5.41) is 0.0442. The molecule has 0 N–H and O–H groups in total. The normalized spacial score (nSPS) is 28.5. The Labute approximate surface area is 204 Å². The van der Waals surface area contributed by atoms with Crippen molar-refractivity contribution in [2.75, 3.05) is 21.3 Å². The molecule has 0 radical (unpaired) electrons. The van der Waals surface area contributed by atoms with Crippen LogP contribution in [0.5, 0.6) is 0 Å². The van der Waals surface area contributed by atoms with Crippen molar-refractivity contribution < 1.29 is 28.1 Å². The Morgan fingerprint density at radius 3 is 1.94 bits per heavy atom. The van der Waals surface area contributed by atoms with Crippen LogP contribution in [0.15, 0.2) is 12.7 Å². The maximum absolute atomic E-state index is 6.81. The van der Waals surface area contributed by atoms with Gasteiger partial charge in [-0.25, -0.2) is 0 Å². The Morgan fingerprint density at radius 2 is 1.52 bits per heavy atom. The molecule has 0 amide bonds. The van der Waals surface area contributed by atoms with Gasteiger partial charge in [0.05, 0.1) is 6.10 Å². The second kappa shape index (κ2) is 12.5. The van der Waals surface area contributed by atoms with Crippen molar-refractivity contribution >= 4 is 16.4 Å². The summed E-state index contributed by atoms with van der Waals surface area (Å²) in [4.78, 5) is 0. The first-order valence-corrected chi connectivity index (χ1v) is 18.2. The van der Waals surface area contributed by atoms with E-state index in [4.69, 9.17) is 28.1 Å². The lowest BCUT2D eigenvalue weighted by Crippen LogP contribution is -2.60. The molecule has 8 heteroatoms. The van der Waals surface area contributed by atoms with Gasteiger partial charge in [-0.1, -0.05) is 52.4 Å². The number of rotatable bonds is 10. The van der Waals surface area contributed by atoms with E-state index in [1.165, 1.54) is 0 Å². The highest BCUT2D eigenvalue weighted by molar-refractivity contribution is 6.83. The van der Waals surface area contributed by atoms with Crippen molar-refractivity contribution in [3.63, 3.8) is 0 Å². The molecule has 1 aliphatic rings. The van der Waals surface area contributed by atoms with Gasteiger partial charge >= 0.3 is 0 Å². The molecule has 0 bridgehead atoms. The van der Waals surface area contributed by atoms with Crippen LogP contribution < -0.4 is 0 Å². The molecule has 0 saturated carbocycles. The molecule has 0 aliphatic carbocycles. The molecule has 33 heavy (non-hydrogen) atoms. The van der Waals surface area contributed by atoms with E-state index in [1.54, 1.807) is 21.3 Å². The van der Waals surface area contributed by atoms with Crippen LogP contribution >= 0.6 is 0 Å². The van der Waals surface area contributed by atoms with Crippen LogP contribution in [0.3, 0.4) is 0 Å². The third-order valence-electron chi connectivity index (χ3n) is 6.41. The zero-order valence-corrected chi connectivity index (χ0v) is 25.0. The van der Waals surface area contributed by atoms with Gasteiger partial charge in [0.2, 0.25) is 0 Å². The van der Waals surface area contributed by atoms with Crippen molar-refractivity contribution in [1.29, 1.82) is 0 Å². The zero-order chi connectivity index (χ0) is 25.6. The van der Waals surface area contributed by atoms with Crippen molar-refractivity contribution in [2.45, 2.75) is 115 Å². The number of hydrogen-bond donors (Lipinski definition) is 0. The molecule has 1 aliphatic heterocycles. The first-order chi connectivity index (χ1) is 15.1. The van der Waals surface area contributed by atoms with E-state index in [9.17, 15) is 0 Å². The lowest BCUT2D eigenvalue weighted by Gasteiger charge is -2.45. The standard InChI is InChI=1S/C25H48O6Si2/c1-14-15-19(20(16-17-32(9,10)11)31-33(12,13)25(3,4)5)30-24-23(28-8)22(27-7)21(26-6)18(2)29-24/h14,18-24H,1,15H2,2-13H3/t18-,19-,20+,21-,22+,23+,24-/m0/s1. The third-order valence-corrected chi connectivity index (χ3v) is 11.8. The zero-order valence-electron chi connectivity index (χ0n) is 23.0. The minimum absolute atomic E-state index is 0.0442. The molecule has 0 unspecified atom stereocenters. The quantitative estimate of drug-likeness (QED) is 0.239. The van der Waals surface area contributed by atoms with Gasteiger partial charge in [-0.15, -0.1) is 12.1 Å². The minimum atomic E-state index is -2.12. The minimum Gasteiger partial charge on any atom is -0.401 e. The Kier molecular flexibility index (Phi) is 11.5. The molecule has 1 fully saturated rings. The first-order valence-electron chi connectivity index (χ1n) is 11.8. The smallest absolute Gasteiger partial charge is 0.193 e. The van der Waals surface area contributed by atoms with Crippen molar-refractivity contribution in [1.82, 2.24) is 0 Å². The van der Waals surface area contributed by atoms with E-state index in [0.29, 0.717) is 6.42 Å². The van der Waals surface area contributed by atoms with Crippen molar-refractivity contribution in [3.05, 3.63) is 12.7 Å². The number of ether oxygens (including phenoxy) is 5. The summed E-state index contributed by atoms with van der Waals surface area (Å²) in [5.41, 5.74) is 3.50. The second-order valence-corrected chi connectivity index (χ2v) is 20.8. The average molecular weight is 501 g/mol. The predicted octanol–water partition coefficient (Wildman–Crippen LogP) is 5.01. The molecule has 0 spiro atoms. The van der Waals surface area contributed by atoms with E-state index < -0.39 is 34.9 Å². The highest BCUT2D eigenvalue weighted by Gasteiger charge is 2.48. The van der Waals surface area contributed by atoms with E-state index >= 15 is 0 Å². The first kappa shape index (κ1) is 30.5. The summed E-state index contributed by atoms with van der Waals surface area (Å²) in [7, 11) is 1.20. The molecular weight excluding hydrogens is 452 g/mol. The fraction of sp³-hybridized carbons (Fsp3) is 0.840. The lowest BCUT2D eigenvalue weighted by atomic mass is 9.99. The van der Waals surface area contributed by atoms with Crippen molar-refractivity contribution in [3.8, 4) is 11.5 Å². The largest absolute Gasteiger partial charge is 0.401 e. The molecule has 192 valence electrons. The summed E-state index contributed by atoms with van der Waals surface area (Å²) in [6.45, 7) is 23.8. The second-order valence-electron chi connectivity index (χ2n) is 11.3. The number of hydrogen-bond acceptors (Lipinski definition) is 6. The molecule has 1 heterocycles. The molecule has 0 aromatic rings. The van der Waals surface area contributed by atoms with Gasteiger partial charge in [0.1, 0.15) is 38.6 Å². The highest BCUT2D eigenvalue weighted by Crippen LogP contribution is 2.38. The molecule has 1 saturated heterocycles. The van der Waals surface area contributed by atoms with Crippen LogP contribution in [0.1, 0.15) is 34.1 Å². The summed E-state index contributed by atoms with van der Waals surface area (Å²) in [6.07, 6.45) is -0.242. The Balaban J connectivity index is 3.34. The maximum Gasteiger partial charge on any atom is 0.193 e. The van der Waals surface area contributed by atoms with Crippen LogP contribution in [0.25, 0.3) is 0 Å². The molecule has 0 aromatic heterocycles. The average Bonchev–Trinajstić information content (AvgIpc) is 2.68. The van der Waals surface area contributed by atoms with Gasteiger partial charge in [-0.2, -0.15) is 0 Å². The predicted molar refractivity (Wildman–Crippen MR) is 140 cm³/mol. The molecular formula is C25H48O6Si2. The highest BCUT2D eigenvalue weighted by atomic mass is 28.4. The summed E-state index contributed by atoms with van der Waals surface area (Å²) < 4.78 is 36.7. The molecule has 6 nitrogen and oxygen atoms in total. The molecule has 1 rings (SSSR count). The molecule has 7 atom stereocenters. The lowest BCUT2D eigenvalue weighted by molar-refractivity contribution is -0.317. The summed E-state index contributed by atoms with van der Waals surface area (Å²) in [6, 6.07) is 0. The molecule has 0 aromatic carbocycles. The topological polar surface area (TPSA) is 55.4 Å². The van der Waals surface area contributed by atoms with Crippen LogP contribution in [0.2, 0.25) is 37.8 Å². The fourth-order valence-electron chi connectivity index (χ4n) is 3.49. The van der Waals surface area contributed by atoms with Gasteiger partial charge in [-0.3, -0.25) is 0 Å². The van der Waals surface area contributed by atoms with Gasteiger partial charge < -0.3 is 28.1 Å². The Hall–Kier alpha value is -0.506. The van der Waals surface area contributed by atoms with Gasteiger partial charge in [0, 0.05) is 21.3 Å². The van der Waals surface area contributed by atoms with Crippen molar-refractivity contribution in [2.24, 2.45) is 0 Å². The van der Waals surface area contributed by atoms with E-state index in [2.05, 4.69) is 71.5 Å². The van der Waals surface area contributed by atoms with Crippen LogP contribution in [-0.4, -0.2) is 80.6 Å². The van der Waals surface area contributed by atoms with Crippen LogP contribution in [0, 0.1) is 11.5 Å². The van der Waals surface area contributed by atoms with Gasteiger partial charge in [-0.05, 0) is 31.5 Å². The van der Waals surface area contributed by atoms with Gasteiger partial charge in [0.25, 0.3) is 0 Å². The summed E-state index contributed by atoms with van der Waals surface area (Å²) in [5.74, 6) is 3.45. The maximum atomic E-state index is 6.81. The van der Waals surface area contributed by atoms with E-state index in [0.717, 1.165) is 0 Å². The van der Waals surface area contributed by atoms with Crippen LogP contribution in [-0.2, 0) is 28.1 Å².